The summed E-state index contributed by atoms with van der Waals surface area (Å²) in [6, 6.07) is 0. The van der Waals surface area contributed by atoms with Crippen LogP contribution in [-0.2, 0) is 4.74 Å². The zero-order valence-electron chi connectivity index (χ0n) is 10.2. The average molecular weight is 231 g/mol. The van der Waals surface area contributed by atoms with E-state index in [1.807, 2.05) is 0 Å². The Kier molecular flexibility index (Phi) is 6.02. The number of nitrogens with zero attached hydrogens (tertiary/aromatic N) is 1. The molecule has 0 spiro atoms. The van der Waals surface area contributed by atoms with E-state index in [1.165, 1.54) is 32.4 Å². The fourth-order valence-electron chi connectivity index (χ4n) is 2.06. The number of ether oxygens (including phenoxy) is 1. The van der Waals surface area contributed by atoms with Gasteiger partial charge in [-0.15, -0.1) is 0 Å². The zero-order chi connectivity index (χ0) is 11.1. The van der Waals surface area contributed by atoms with Gasteiger partial charge in [-0.1, -0.05) is 13.8 Å². The summed E-state index contributed by atoms with van der Waals surface area (Å²) in [6.07, 6.45) is 4.01. The Labute approximate surface area is 99.8 Å². The van der Waals surface area contributed by atoms with Crippen molar-refractivity contribution < 1.29 is 4.74 Å². The Morgan fingerprint density at radius 3 is 2.73 bits per heavy atom. The number of thiol groups is 1. The highest BCUT2D eigenvalue weighted by atomic mass is 32.1. The molecule has 1 aliphatic heterocycles. The lowest BCUT2D eigenvalue weighted by Gasteiger charge is -2.23. The molecule has 0 aromatic rings. The fraction of sp³-hybridized carbons (Fsp3) is 1.00. The van der Waals surface area contributed by atoms with E-state index >= 15 is 0 Å². The van der Waals surface area contributed by atoms with Crippen molar-refractivity contribution in [2.45, 2.75) is 33.1 Å². The summed E-state index contributed by atoms with van der Waals surface area (Å²) in [4.78, 5) is 2.53. The topological polar surface area (TPSA) is 12.5 Å². The van der Waals surface area contributed by atoms with Crippen molar-refractivity contribution in [3.63, 3.8) is 0 Å². The monoisotopic (exact) mass is 231 g/mol. The van der Waals surface area contributed by atoms with Crippen molar-refractivity contribution in [1.29, 1.82) is 0 Å². The molecule has 1 heterocycles. The minimum atomic E-state index is 0.542. The highest BCUT2D eigenvalue weighted by Gasteiger charge is 2.22. The van der Waals surface area contributed by atoms with Gasteiger partial charge in [0.25, 0.3) is 0 Å². The Hall–Kier alpha value is 0.270. The summed E-state index contributed by atoms with van der Waals surface area (Å²) in [5.74, 6) is 0.826. The Balaban J connectivity index is 2.14. The summed E-state index contributed by atoms with van der Waals surface area (Å²) >= 11 is 4.12. The number of hydrogen-bond acceptors (Lipinski definition) is 3. The van der Waals surface area contributed by atoms with Crippen molar-refractivity contribution in [2.24, 2.45) is 5.41 Å². The highest BCUT2D eigenvalue weighted by Crippen LogP contribution is 2.29. The second-order valence-corrected chi connectivity index (χ2v) is 5.64. The molecule has 1 rings (SSSR count). The van der Waals surface area contributed by atoms with Crippen LogP contribution in [0.5, 0.6) is 0 Å². The van der Waals surface area contributed by atoms with Crippen molar-refractivity contribution in [2.75, 3.05) is 38.6 Å². The molecule has 15 heavy (non-hydrogen) atoms. The Morgan fingerprint density at radius 1 is 1.20 bits per heavy atom. The van der Waals surface area contributed by atoms with Gasteiger partial charge >= 0.3 is 0 Å². The SMILES string of the molecule is CC1(C)CCCN(CCOCCS)CC1. The van der Waals surface area contributed by atoms with E-state index in [1.54, 1.807) is 0 Å². The van der Waals surface area contributed by atoms with Crippen LogP contribution in [0, 0.1) is 5.41 Å². The molecule has 3 heteroatoms. The van der Waals surface area contributed by atoms with E-state index in [0.29, 0.717) is 5.41 Å². The second kappa shape index (κ2) is 6.77. The molecule has 0 amide bonds. The Morgan fingerprint density at radius 2 is 2.00 bits per heavy atom. The molecule has 0 atom stereocenters. The number of rotatable bonds is 5. The van der Waals surface area contributed by atoms with Crippen molar-refractivity contribution >= 4 is 12.6 Å². The highest BCUT2D eigenvalue weighted by molar-refractivity contribution is 7.80. The molecular weight excluding hydrogens is 206 g/mol. The zero-order valence-corrected chi connectivity index (χ0v) is 11.1. The maximum absolute atomic E-state index is 5.46. The lowest BCUT2D eigenvalue weighted by Crippen LogP contribution is -2.29. The minimum Gasteiger partial charge on any atom is -0.379 e. The third-order valence-electron chi connectivity index (χ3n) is 3.22. The summed E-state index contributed by atoms with van der Waals surface area (Å²) in [7, 11) is 0. The first-order chi connectivity index (χ1) is 7.14. The number of likely N-dealkylation sites (tertiary alicyclic amines) is 1. The first-order valence-electron chi connectivity index (χ1n) is 6.05. The summed E-state index contributed by atoms with van der Waals surface area (Å²) < 4.78 is 5.46. The van der Waals surface area contributed by atoms with E-state index in [2.05, 4.69) is 31.4 Å². The predicted octanol–water partition coefficient (Wildman–Crippen LogP) is 2.44. The molecule has 0 aromatic carbocycles. The van der Waals surface area contributed by atoms with E-state index in [0.717, 1.165) is 25.5 Å². The second-order valence-electron chi connectivity index (χ2n) is 5.20. The van der Waals surface area contributed by atoms with E-state index < -0.39 is 0 Å². The molecule has 0 radical (unpaired) electrons. The largest absolute Gasteiger partial charge is 0.379 e. The minimum absolute atomic E-state index is 0.542. The van der Waals surface area contributed by atoms with Gasteiger partial charge < -0.3 is 9.64 Å². The molecule has 0 unspecified atom stereocenters. The van der Waals surface area contributed by atoms with E-state index in [9.17, 15) is 0 Å². The van der Waals surface area contributed by atoms with Gasteiger partial charge in [0.2, 0.25) is 0 Å². The van der Waals surface area contributed by atoms with Crippen LogP contribution in [-0.4, -0.2) is 43.5 Å². The van der Waals surface area contributed by atoms with Crippen LogP contribution >= 0.6 is 12.6 Å². The van der Waals surface area contributed by atoms with Crippen LogP contribution in [0.4, 0.5) is 0 Å². The van der Waals surface area contributed by atoms with Crippen molar-refractivity contribution in [1.82, 2.24) is 4.90 Å². The molecule has 0 saturated carbocycles. The quantitative estimate of drug-likeness (QED) is 0.576. The average Bonchev–Trinajstić information content (AvgIpc) is 2.35. The third-order valence-corrected chi connectivity index (χ3v) is 3.40. The van der Waals surface area contributed by atoms with Crippen molar-refractivity contribution in [3.8, 4) is 0 Å². The third kappa shape index (κ3) is 5.79. The van der Waals surface area contributed by atoms with Gasteiger partial charge in [0.1, 0.15) is 0 Å². The molecule has 1 aliphatic rings. The van der Waals surface area contributed by atoms with Gasteiger partial charge in [0.05, 0.1) is 13.2 Å². The van der Waals surface area contributed by atoms with Gasteiger partial charge in [-0.25, -0.2) is 0 Å². The number of hydrogen-bond donors (Lipinski definition) is 1. The van der Waals surface area contributed by atoms with E-state index in [-0.39, 0.29) is 0 Å². The van der Waals surface area contributed by atoms with E-state index in [4.69, 9.17) is 4.74 Å². The normalized spacial score (nSPS) is 22.6. The molecule has 0 aromatic heterocycles. The van der Waals surface area contributed by atoms with Gasteiger partial charge in [0, 0.05) is 12.3 Å². The van der Waals surface area contributed by atoms with Crippen molar-refractivity contribution in [3.05, 3.63) is 0 Å². The lowest BCUT2D eigenvalue weighted by atomic mass is 9.85. The Bertz CT molecular complexity index is 173. The van der Waals surface area contributed by atoms with Gasteiger partial charge in [-0.3, -0.25) is 0 Å². The van der Waals surface area contributed by atoms with Crippen LogP contribution in [0.2, 0.25) is 0 Å². The molecular formula is C12H25NOS. The molecule has 0 N–H and O–H groups in total. The molecule has 2 nitrogen and oxygen atoms in total. The van der Waals surface area contributed by atoms with Gasteiger partial charge in [-0.2, -0.15) is 12.6 Å². The predicted molar refractivity (Wildman–Crippen MR) is 68.7 cm³/mol. The first kappa shape index (κ1) is 13.3. The molecule has 90 valence electrons. The summed E-state index contributed by atoms with van der Waals surface area (Å²) in [6.45, 7) is 9.97. The summed E-state index contributed by atoms with van der Waals surface area (Å²) in [5, 5.41) is 0. The van der Waals surface area contributed by atoms with Crippen LogP contribution in [0.15, 0.2) is 0 Å². The molecule has 0 bridgehead atoms. The molecule has 1 saturated heterocycles. The lowest BCUT2D eigenvalue weighted by molar-refractivity contribution is 0.115. The maximum Gasteiger partial charge on any atom is 0.0593 e. The van der Waals surface area contributed by atoms with Crippen LogP contribution in [0.3, 0.4) is 0 Å². The van der Waals surface area contributed by atoms with Crippen LogP contribution in [0.1, 0.15) is 33.1 Å². The molecule has 1 fully saturated rings. The fourth-order valence-corrected chi connectivity index (χ4v) is 2.19. The first-order valence-corrected chi connectivity index (χ1v) is 6.68. The van der Waals surface area contributed by atoms with Gasteiger partial charge in [-0.05, 0) is 37.8 Å². The molecule has 0 aliphatic carbocycles. The summed E-state index contributed by atoms with van der Waals surface area (Å²) in [5.41, 5.74) is 0.542. The van der Waals surface area contributed by atoms with Crippen LogP contribution in [0.25, 0.3) is 0 Å². The smallest absolute Gasteiger partial charge is 0.0593 e. The maximum atomic E-state index is 5.46. The van der Waals surface area contributed by atoms with Gasteiger partial charge in [0.15, 0.2) is 0 Å². The standard InChI is InChI=1S/C12H25NOS/c1-12(2)4-3-6-13(7-5-12)8-9-14-10-11-15/h15H,3-11H2,1-2H3. The van der Waals surface area contributed by atoms with Crippen LogP contribution < -0.4 is 0 Å².